The molecular formula is C19H31NO2. The Morgan fingerprint density at radius 3 is 2.91 bits per heavy atom. The Bertz CT molecular complexity index is 416. The number of rotatable bonds is 10. The first-order valence-electron chi connectivity index (χ1n) is 8.88. The van der Waals surface area contributed by atoms with Crippen molar-refractivity contribution < 1.29 is 9.47 Å². The Morgan fingerprint density at radius 2 is 2.14 bits per heavy atom. The highest BCUT2D eigenvalue weighted by Crippen LogP contribution is 2.26. The van der Waals surface area contributed by atoms with Gasteiger partial charge in [-0.25, -0.2) is 0 Å². The van der Waals surface area contributed by atoms with E-state index in [1.165, 1.54) is 31.2 Å². The van der Waals surface area contributed by atoms with Gasteiger partial charge in [0.15, 0.2) is 0 Å². The topological polar surface area (TPSA) is 30.5 Å². The highest BCUT2D eigenvalue weighted by atomic mass is 16.5. The van der Waals surface area contributed by atoms with E-state index in [0.717, 1.165) is 31.7 Å². The van der Waals surface area contributed by atoms with Gasteiger partial charge in [0.2, 0.25) is 0 Å². The molecule has 1 aliphatic heterocycles. The van der Waals surface area contributed by atoms with Crippen molar-refractivity contribution in [1.29, 1.82) is 0 Å². The van der Waals surface area contributed by atoms with E-state index in [9.17, 15) is 0 Å². The molecule has 22 heavy (non-hydrogen) atoms. The molecule has 1 fully saturated rings. The Kier molecular flexibility index (Phi) is 7.75. The van der Waals surface area contributed by atoms with Gasteiger partial charge in [-0.2, -0.15) is 0 Å². The molecule has 0 aromatic heterocycles. The van der Waals surface area contributed by atoms with E-state index in [2.05, 4.69) is 37.4 Å². The van der Waals surface area contributed by atoms with Crippen molar-refractivity contribution >= 4 is 0 Å². The Hall–Kier alpha value is -1.06. The first kappa shape index (κ1) is 17.3. The number of para-hydroxylation sites is 1. The van der Waals surface area contributed by atoms with Gasteiger partial charge in [-0.05, 0) is 38.8 Å². The maximum absolute atomic E-state index is 6.02. The summed E-state index contributed by atoms with van der Waals surface area (Å²) in [4.78, 5) is 0. The third kappa shape index (κ3) is 5.62. The Labute approximate surface area is 135 Å². The molecule has 1 saturated heterocycles. The summed E-state index contributed by atoms with van der Waals surface area (Å²) in [7, 11) is 0. The van der Waals surface area contributed by atoms with Crippen LogP contribution in [-0.2, 0) is 4.74 Å². The van der Waals surface area contributed by atoms with Crippen molar-refractivity contribution in [3.63, 3.8) is 0 Å². The summed E-state index contributed by atoms with van der Waals surface area (Å²) in [5, 5.41) is 3.61. The molecule has 0 aliphatic carbocycles. The lowest BCUT2D eigenvalue weighted by Gasteiger charge is -2.19. The van der Waals surface area contributed by atoms with Gasteiger partial charge in [0.25, 0.3) is 0 Å². The van der Waals surface area contributed by atoms with Crippen LogP contribution in [0.3, 0.4) is 0 Å². The van der Waals surface area contributed by atoms with Crippen LogP contribution in [0, 0.1) is 0 Å². The first-order chi connectivity index (χ1) is 10.8. The number of benzene rings is 1. The number of hydrogen-bond acceptors (Lipinski definition) is 3. The fourth-order valence-electron chi connectivity index (χ4n) is 2.91. The smallest absolute Gasteiger partial charge is 0.124 e. The summed E-state index contributed by atoms with van der Waals surface area (Å²) < 4.78 is 11.7. The van der Waals surface area contributed by atoms with Crippen molar-refractivity contribution in [2.45, 2.75) is 64.5 Å². The molecule has 0 spiro atoms. The standard InChI is InChI=1S/C19H31NO2/c1-3-4-5-8-13-20-16(2)18-11-6-7-12-19(18)22-15-17-10-9-14-21-17/h6-7,11-12,16-17,20H,3-5,8-10,13-15H2,1-2H3. The van der Waals surface area contributed by atoms with E-state index in [1.54, 1.807) is 0 Å². The van der Waals surface area contributed by atoms with E-state index in [4.69, 9.17) is 9.47 Å². The normalized spacial score (nSPS) is 19.3. The molecule has 0 saturated carbocycles. The maximum Gasteiger partial charge on any atom is 0.124 e. The number of unbranched alkanes of at least 4 members (excludes halogenated alkanes) is 3. The summed E-state index contributed by atoms with van der Waals surface area (Å²) in [6.07, 6.45) is 7.72. The van der Waals surface area contributed by atoms with Crippen LogP contribution in [0.4, 0.5) is 0 Å². The molecule has 1 N–H and O–H groups in total. The van der Waals surface area contributed by atoms with Crippen molar-refractivity contribution in [2.75, 3.05) is 19.8 Å². The minimum absolute atomic E-state index is 0.269. The third-order valence-electron chi connectivity index (χ3n) is 4.32. The zero-order chi connectivity index (χ0) is 15.6. The minimum atomic E-state index is 0.269. The maximum atomic E-state index is 6.02. The molecule has 2 rings (SSSR count). The molecule has 0 radical (unpaired) electrons. The van der Waals surface area contributed by atoms with Crippen LogP contribution in [0.2, 0.25) is 0 Å². The van der Waals surface area contributed by atoms with Gasteiger partial charge in [-0.3, -0.25) is 0 Å². The molecule has 1 aromatic rings. The van der Waals surface area contributed by atoms with Crippen molar-refractivity contribution in [1.82, 2.24) is 5.32 Å². The zero-order valence-corrected chi connectivity index (χ0v) is 14.1. The largest absolute Gasteiger partial charge is 0.491 e. The molecule has 124 valence electrons. The van der Waals surface area contributed by atoms with Crippen LogP contribution in [0.1, 0.15) is 64.0 Å². The molecule has 2 atom stereocenters. The first-order valence-corrected chi connectivity index (χ1v) is 8.88. The van der Waals surface area contributed by atoms with Crippen LogP contribution >= 0.6 is 0 Å². The Balaban J connectivity index is 1.80. The predicted octanol–water partition coefficient (Wildman–Crippen LogP) is 4.48. The summed E-state index contributed by atoms with van der Waals surface area (Å²) in [6, 6.07) is 8.68. The van der Waals surface area contributed by atoms with Gasteiger partial charge in [0.1, 0.15) is 12.4 Å². The van der Waals surface area contributed by atoms with E-state index < -0.39 is 0 Å². The molecule has 0 bridgehead atoms. The van der Waals surface area contributed by atoms with Crippen LogP contribution in [0.5, 0.6) is 5.75 Å². The van der Waals surface area contributed by atoms with Crippen molar-refractivity contribution in [3.05, 3.63) is 29.8 Å². The number of nitrogens with one attached hydrogen (secondary N) is 1. The van der Waals surface area contributed by atoms with Gasteiger partial charge in [0.05, 0.1) is 6.10 Å². The molecule has 1 aromatic carbocycles. The van der Waals surface area contributed by atoms with Crippen LogP contribution < -0.4 is 10.1 Å². The second-order valence-corrected chi connectivity index (χ2v) is 6.22. The molecule has 3 heteroatoms. The lowest BCUT2D eigenvalue weighted by atomic mass is 10.1. The van der Waals surface area contributed by atoms with Gasteiger partial charge in [0, 0.05) is 18.2 Å². The van der Waals surface area contributed by atoms with Crippen molar-refractivity contribution in [2.24, 2.45) is 0 Å². The summed E-state index contributed by atoms with van der Waals surface area (Å²) >= 11 is 0. The predicted molar refractivity (Wildman–Crippen MR) is 91.5 cm³/mol. The average molecular weight is 305 g/mol. The SMILES string of the molecule is CCCCCCNC(C)c1ccccc1OCC1CCCO1. The third-order valence-corrected chi connectivity index (χ3v) is 4.32. The second-order valence-electron chi connectivity index (χ2n) is 6.22. The van der Waals surface area contributed by atoms with Crippen molar-refractivity contribution in [3.8, 4) is 5.75 Å². The molecule has 3 nitrogen and oxygen atoms in total. The van der Waals surface area contributed by atoms with Gasteiger partial charge in [-0.15, -0.1) is 0 Å². The van der Waals surface area contributed by atoms with Crippen LogP contribution in [0.25, 0.3) is 0 Å². The molecule has 1 aliphatic rings. The quantitative estimate of drug-likeness (QED) is 0.647. The van der Waals surface area contributed by atoms with E-state index in [1.807, 2.05) is 6.07 Å². The molecule has 2 unspecified atom stereocenters. The van der Waals surface area contributed by atoms with E-state index in [0.29, 0.717) is 12.6 Å². The highest BCUT2D eigenvalue weighted by molar-refractivity contribution is 5.35. The van der Waals surface area contributed by atoms with Gasteiger partial charge < -0.3 is 14.8 Å². The minimum Gasteiger partial charge on any atom is -0.491 e. The number of ether oxygens (including phenoxy) is 2. The monoisotopic (exact) mass is 305 g/mol. The molecule has 0 amide bonds. The van der Waals surface area contributed by atoms with Crippen LogP contribution in [0.15, 0.2) is 24.3 Å². The molecular weight excluding hydrogens is 274 g/mol. The highest BCUT2D eigenvalue weighted by Gasteiger charge is 2.17. The fraction of sp³-hybridized carbons (Fsp3) is 0.684. The number of hydrogen-bond donors (Lipinski definition) is 1. The summed E-state index contributed by atoms with van der Waals surface area (Å²) in [5.74, 6) is 0.992. The lowest BCUT2D eigenvalue weighted by Crippen LogP contribution is -2.22. The van der Waals surface area contributed by atoms with E-state index in [-0.39, 0.29) is 6.10 Å². The molecule has 1 heterocycles. The Morgan fingerprint density at radius 1 is 1.27 bits per heavy atom. The van der Waals surface area contributed by atoms with E-state index >= 15 is 0 Å². The zero-order valence-electron chi connectivity index (χ0n) is 14.1. The fourth-order valence-corrected chi connectivity index (χ4v) is 2.91. The van der Waals surface area contributed by atoms with Gasteiger partial charge >= 0.3 is 0 Å². The summed E-state index contributed by atoms with van der Waals surface area (Å²) in [6.45, 7) is 7.08. The summed E-state index contributed by atoms with van der Waals surface area (Å²) in [5.41, 5.74) is 1.25. The van der Waals surface area contributed by atoms with Gasteiger partial charge in [-0.1, -0.05) is 44.4 Å². The lowest BCUT2D eigenvalue weighted by molar-refractivity contribution is 0.0674. The van der Waals surface area contributed by atoms with Crippen LogP contribution in [-0.4, -0.2) is 25.9 Å². The average Bonchev–Trinajstić information content (AvgIpc) is 3.06. The second kappa shape index (κ2) is 9.86.